The maximum Gasteiger partial charge on any atom is 0.416 e. The second-order valence-electron chi connectivity index (χ2n) is 4.89. The summed E-state index contributed by atoms with van der Waals surface area (Å²) in [4.78, 5) is 1.32. The molecule has 0 spiro atoms. The number of nitrogens with zero attached hydrogens (tertiary/aromatic N) is 2. The molecule has 0 fully saturated rings. The van der Waals surface area contributed by atoms with E-state index in [1.165, 1.54) is 26.1 Å². The molecule has 0 N–H and O–H groups in total. The fourth-order valence-corrected chi connectivity index (χ4v) is 2.35. The van der Waals surface area contributed by atoms with Crippen LogP contribution >= 0.6 is 11.8 Å². The summed E-state index contributed by atoms with van der Waals surface area (Å²) in [5.41, 5.74) is -0.997. The van der Waals surface area contributed by atoms with E-state index < -0.39 is 24.2 Å². The van der Waals surface area contributed by atoms with Gasteiger partial charge in [-0.1, -0.05) is 13.0 Å². The van der Waals surface area contributed by atoms with Gasteiger partial charge in [-0.2, -0.15) is 18.4 Å². The third kappa shape index (κ3) is 5.46. The molecule has 22 heavy (non-hydrogen) atoms. The van der Waals surface area contributed by atoms with Crippen LogP contribution < -0.4 is 0 Å². The van der Waals surface area contributed by atoms with Gasteiger partial charge >= 0.3 is 6.18 Å². The maximum atomic E-state index is 13.3. The van der Waals surface area contributed by atoms with E-state index in [0.29, 0.717) is 11.8 Å². The van der Waals surface area contributed by atoms with Crippen LogP contribution in [0.5, 0.6) is 0 Å². The number of thiocyanates is 1. The molecule has 2 nitrogen and oxygen atoms in total. The molecule has 0 aliphatic rings. The quantitative estimate of drug-likeness (QED) is 0.425. The number of hydrogen-bond donors (Lipinski definition) is 0. The Labute approximate surface area is 129 Å². The normalized spacial score (nSPS) is 12.5. The Bertz CT molecular complexity index is 551. The fraction of sp³-hybridized carbons (Fsp3) is 0.500. The summed E-state index contributed by atoms with van der Waals surface area (Å²) in [6, 6.07) is 3.47. The number of hydrogen-bond acceptors (Lipinski definition) is 3. The van der Waals surface area contributed by atoms with E-state index in [1.54, 1.807) is 5.40 Å². The van der Waals surface area contributed by atoms with Crippen molar-refractivity contribution < 1.29 is 22.0 Å². The van der Waals surface area contributed by atoms with Gasteiger partial charge in [-0.15, -0.1) is 0 Å². The lowest BCUT2D eigenvalue weighted by Gasteiger charge is -2.24. The van der Waals surface area contributed by atoms with Crippen LogP contribution in [0.1, 0.15) is 24.5 Å². The second-order valence-corrected chi connectivity index (χ2v) is 5.75. The van der Waals surface area contributed by atoms with Crippen LogP contribution in [-0.2, 0) is 12.7 Å². The molecule has 0 heterocycles. The van der Waals surface area contributed by atoms with Crippen molar-refractivity contribution in [2.45, 2.75) is 36.9 Å². The molecular weight excluding hydrogens is 323 g/mol. The van der Waals surface area contributed by atoms with Gasteiger partial charge in [-0.05, 0) is 36.5 Å². The van der Waals surface area contributed by atoms with Gasteiger partial charge in [0.05, 0.1) is 12.1 Å². The molecule has 0 unspecified atom stereocenters. The predicted molar refractivity (Wildman–Crippen MR) is 74.5 cm³/mol. The topological polar surface area (TPSA) is 27.0 Å². The molecule has 0 amide bonds. The molecule has 0 aliphatic carbocycles. The van der Waals surface area contributed by atoms with Crippen LogP contribution in [0, 0.1) is 10.7 Å². The minimum absolute atomic E-state index is 0.0933. The molecule has 1 aromatic carbocycles. The molecule has 0 aromatic heterocycles. The highest BCUT2D eigenvalue weighted by molar-refractivity contribution is 8.03. The number of halogens is 5. The van der Waals surface area contributed by atoms with E-state index in [1.807, 2.05) is 0 Å². The average molecular weight is 338 g/mol. The largest absolute Gasteiger partial charge is 0.416 e. The summed E-state index contributed by atoms with van der Waals surface area (Å²) >= 11 is 0.619. The molecule has 122 valence electrons. The Kier molecular flexibility index (Phi) is 6.20. The first-order valence-corrected chi connectivity index (χ1v) is 7.23. The van der Waals surface area contributed by atoms with Gasteiger partial charge < -0.3 is 0 Å². The lowest BCUT2D eigenvalue weighted by Crippen LogP contribution is -2.34. The van der Waals surface area contributed by atoms with Crippen LogP contribution in [0.2, 0.25) is 0 Å². The van der Waals surface area contributed by atoms with Crippen LogP contribution in [0.15, 0.2) is 23.1 Å². The highest BCUT2D eigenvalue weighted by atomic mass is 32.2. The first-order valence-electron chi connectivity index (χ1n) is 6.41. The zero-order valence-corrected chi connectivity index (χ0v) is 12.9. The Morgan fingerprint density at radius 3 is 2.36 bits per heavy atom. The van der Waals surface area contributed by atoms with E-state index >= 15 is 0 Å². The number of rotatable bonds is 6. The lowest BCUT2D eigenvalue weighted by molar-refractivity contribution is -0.138. The zero-order chi connectivity index (χ0) is 17.0. The molecule has 8 heteroatoms. The van der Waals surface area contributed by atoms with Crippen molar-refractivity contribution >= 4 is 11.8 Å². The Balaban J connectivity index is 3.01. The van der Waals surface area contributed by atoms with Crippen molar-refractivity contribution in [1.82, 2.24) is 4.90 Å². The molecule has 0 aliphatic heterocycles. The van der Waals surface area contributed by atoms with Crippen LogP contribution in [-0.4, -0.2) is 24.4 Å². The molecule has 0 saturated heterocycles. The minimum atomic E-state index is -4.60. The summed E-state index contributed by atoms with van der Waals surface area (Å²) in [7, 11) is 1.35. The maximum absolute atomic E-state index is 13.3. The smallest absolute Gasteiger partial charge is 0.296 e. The van der Waals surface area contributed by atoms with Crippen molar-refractivity contribution in [2.75, 3.05) is 13.6 Å². The SMILES string of the molecule is CCC(F)(F)CN(C)Cc1ccc(SC#N)cc1C(F)(F)F. The summed E-state index contributed by atoms with van der Waals surface area (Å²) in [5, 5.41) is 10.2. The summed E-state index contributed by atoms with van der Waals surface area (Å²) in [6.45, 7) is 0.459. The zero-order valence-electron chi connectivity index (χ0n) is 12.0. The van der Waals surface area contributed by atoms with Gasteiger partial charge in [-0.3, -0.25) is 4.90 Å². The average Bonchev–Trinajstić information content (AvgIpc) is 2.39. The third-order valence-corrected chi connectivity index (χ3v) is 3.59. The van der Waals surface area contributed by atoms with Gasteiger partial charge in [-0.25, -0.2) is 8.78 Å². The van der Waals surface area contributed by atoms with E-state index in [9.17, 15) is 22.0 Å². The minimum Gasteiger partial charge on any atom is -0.296 e. The lowest BCUT2D eigenvalue weighted by atomic mass is 10.1. The highest BCUT2D eigenvalue weighted by Gasteiger charge is 2.34. The van der Waals surface area contributed by atoms with Gasteiger partial charge in [0.25, 0.3) is 5.92 Å². The van der Waals surface area contributed by atoms with Gasteiger partial charge in [0.2, 0.25) is 0 Å². The molecule has 0 saturated carbocycles. The number of thioether (sulfide) groups is 1. The second kappa shape index (κ2) is 7.29. The molecule has 0 radical (unpaired) electrons. The van der Waals surface area contributed by atoms with Crippen LogP contribution in [0.4, 0.5) is 22.0 Å². The summed E-state index contributed by atoms with van der Waals surface area (Å²) in [6.07, 6.45) is -4.98. The summed E-state index contributed by atoms with van der Waals surface area (Å²) < 4.78 is 65.8. The summed E-state index contributed by atoms with van der Waals surface area (Å²) in [5.74, 6) is -2.94. The standard InChI is InChI=1S/C14H15F5N2S/c1-3-13(15,16)8-21(2)7-10-4-5-11(22-9-20)6-12(10)14(17,18)19/h4-6H,3,7-8H2,1-2H3. The monoisotopic (exact) mass is 338 g/mol. The van der Waals surface area contributed by atoms with Crippen LogP contribution in [0.3, 0.4) is 0 Å². The van der Waals surface area contributed by atoms with Gasteiger partial charge in [0.1, 0.15) is 5.40 Å². The third-order valence-electron chi connectivity index (χ3n) is 3.01. The first-order chi connectivity index (χ1) is 10.1. The van der Waals surface area contributed by atoms with Crippen molar-refractivity contribution in [1.29, 1.82) is 5.26 Å². The highest BCUT2D eigenvalue weighted by Crippen LogP contribution is 2.35. The molecule has 0 atom stereocenters. The predicted octanol–water partition coefficient (Wildman–Crippen LogP) is 4.76. The van der Waals surface area contributed by atoms with Gasteiger partial charge in [0.15, 0.2) is 0 Å². The number of alkyl halides is 5. The molecule has 0 bridgehead atoms. The molecular formula is C14H15F5N2S. The molecule has 1 rings (SSSR count). The number of nitriles is 1. The van der Waals surface area contributed by atoms with E-state index in [4.69, 9.17) is 5.26 Å². The van der Waals surface area contributed by atoms with Crippen molar-refractivity contribution in [3.63, 3.8) is 0 Å². The van der Waals surface area contributed by atoms with E-state index in [-0.39, 0.29) is 23.4 Å². The van der Waals surface area contributed by atoms with Gasteiger partial charge in [0, 0.05) is 17.9 Å². The van der Waals surface area contributed by atoms with Crippen molar-refractivity contribution in [3.8, 4) is 5.40 Å². The fourth-order valence-electron chi connectivity index (χ4n) is 1.93. The van der Waals surface area contributed by atoms with Crippen molar-refractivity contribution in [3.05, 3.63) is 29.3 Å². The van der Waals surface area contributed by atoms with Crippen molar-refractivity contribution in [2.24, 2.45) is 0 Å². The molecule has 1 aromatic rings. The van der Waals surface area contributed by atoms with Crippen LogP contribution in [0.25, 0.3) is 0 Å². The Morgan fingerprint density at radius 1 is 1.23 bits per heavy atom. The Hall–Kier alpha value is -1.33. The number of benzene rings is 1. The first kappa shape index (κ1) is 18.7. The van der Waals surface area contributed by atoms with E-state index in [2.05, 4.69) is 0 Å². The Morgan fingerprint density at radius 2 is 1.86 bits per heavy atom. The van der Waals surface area contributed by atoms with E-state index in [0.717, 1.165) is 11.0 Å².